The number of anilines is 1. The molecule has 2 N–H and O–H groups in total. The second-order valence-electron chi connectivity index (χ2n) is 4.06. The van der Waals surface area contributed by atoms with E-state index >= 15 is 0 Å². The highest BCUT2D eigenvalue weighted by Gasteiger charge is 2.18. The van der Waals surface area contributed by atoms with E-state index in [9.17, 15) is 4.79 Å². The Kier molecular flexibility index (Phi) is 3.39. The molecule has 2 rings (SSSR count). The molecule has 0 radical (unpaired) electrons. The summed E-state index contributed by atoms with van der Waals surface area (Å²) in [5.74, 6) is 1.35. The third kappa shape index (κ3) is 2.50. The molecule has 3 nitrogen and oxygen atoms in total. The molecular weight excluding hydrogens is 222 g/mol. The minimum atomic E-state index is -0.867. The number of hydrogen-bond donors (Lipinski definition) is 2. The minimum absolute atomic E-state index is 0.363. The Labute approximate surface area is 99.2 Å². The fourth-order valence-corrected chi connectivity index (χ4v) is 2.98. The number of aryl methyl sites for hydroxylation is 1. The molecule has 0 aromatic heterocycles. The number of rotatable bonds is 3. The van der Waals surface area contributed by atoms with E-state index < -0.39 is 5.97 Å². The van der Waals surface area contributed by atoms with E-state index in [0.29, 0.717) is 11.6 Å². The van der Waals surface area contributed by atoms with Crippen LogP contribution in [0.15, 0.2) is 18.2 Å². The van der Waals surface area contributed by atoms with Crippen LogP contribution in [-0.4, -0.2) is 28.6 Å². The van der Waals surface area contributed by atoms with Gasteiger partial charge in [0, 0.05) is 17.5 Å². The zero-order chi connectivity index (χ0) is 11.5. The fourth-order valence-electron chi connectivity index (χ4n) is 1.83. The third-order valence-corrected chi connectivity index (χ3v) is 3.86. The Morgan fingerprint density at radius 1 is 1.56 bits per heavy atom. The predicted molar refractivity (Wildman–Crippen MR) is 67.5 cm³/mol. The summed E-state index contributed by atoms with van der Waals surface area (Å²) < 4.78 is 0. The lowest BCUT2D eigenvalue weighted by Gasteiger charge is -2.15. The van der Waals surface area contributed by atoms with Gasteiger partial charge in [0.05, 0.1) is 5.56 Å². The average molecular weight is 237 g/mol. The van der Waals surface area contributed by atoms with Crippen LogP contribution >= 0.6 is 11.8 Å². The van der Waals surface area contributed by atoms with Gasteiger partial charge in [0.2, 0.25) is 0 Å². The molecule has 0 amide bonds. The molecule has 1 aromatic rings. The molecule has 0 saturated carbocycles. The van der Waals surface area contributed by atoms with Gasteiger partial charge in [0.25, 0.3) is 0 Å². The highest BCUT2D eigenvalue weighted by atomic mass is 32.2. The summed E-state index contributed by atoms with van der Waals surface area (Å²) in [5.41, 5.74) is 2.20. The third-order valence-electron chi connectivity index (χ3n) is 2.69. The molecule has 0 aliphatic carbocycles. The molecule has 1 aliphatic rings. The van der Waals surface area contributed by atoms with E-state index in [1.807, 2.05) is 30.8 Å². The van der Waals surface area contributed by atoms with E-state index in [0.717, 1.165) is 29.2 Å². The molecule has 1 unspecified atom stereocenters. The first-order valence-corrected chi connectivity index (χ1v) is 6.50. The summed E-state index contributed by atoms with van der Waals surface area (Å²) in [6, 6.07) is 5.82. The first-order chi connectivity index (χ1) is 7.66. The van der Waals surface area contributed by atoms with E-state index in [1.165, 1.54) is 0 Å². The minimum Gasteiger partial charge on any atom is -0.478 e. The van der Waals surface area contributed by atoms with Crippen molar-refractivity contribution in [2.45, 2.75) is 19.4 Å². The maximum absolute atomic E-state index is 11.1. The van der Waals surface area contributed by atoms with Crippen molar-refractivity contribution >= 4 is 23.4 Å². The number of carboxylic acid groups (broad SMARTS) is 1. The lowest BCUT2D eigenvalue weighted by Crippen LogP contribution is -2.20. The van der Waals surface area contributed by atoms with Crippen LogP contribution in [0.5, 0.6) is 0 Å². The van der Waals surface area contributed by atoms with Crippen LogP contribution in [0.1, 0.15) is 22.3 Å². The summed E-state index contributed by atoms with van der Waals surface area (Å²) in [6.45, 7) is 1.97. The SMILES string of the molecule is Cc1ccc(C(=O)O)c(NC2CCSC2)c1. The zero-order valence-corrected chi connectivity index (χ0v) is 10.0. The predicted octanol–water partition coefficient (Wildman–Crippen LogP) is 2.61. The molecule has 1 aliphatic heterocycles. The van der Waals surface area contributed by atoms with Crippen molar-refractivity contribution in [1.82, 2.24) is 0 Å². The molecule has 0 spiro atoms. The first-order valence-electron chi connectivity index (χ1n) is 5.35. The maximum Gasteiger partial charge on any atom is 0.337 e. The second-order valence-corrected chi connectivity index (χ2v) is 5.21. The lowest BCUT2D eigenvalue weighted by molar-refractivity contribution is 0.0698. The Morgan fingerprint density at radius 3 is 3.00 bits per heavy atom. The quantitative estimate of drug-likeness (QED) is 0.848. The largest absolute Gasteiger partial charge is 0.478 e. The Bertz CT molecular complexity index is 400. The average Bonchev–Trinajstić information content (AvgIpc) is 2.70. The van der Waals surface area contributed by atoms with Crippen LogP contribution < -0.4 is 5.32 Å². The molecule has 0 bridgehead atoms. The summed E-state index contributed by atoms with van der Waals surface area (Å²) in [7, 11) is 0. The summed E-state index contributed by atoms with van der Waals surface area (Å²) in [5, 5.41) is 12.4. The number of aromatic carboxylic acids is 1. The maximum atomic E-state index is 11.1. The molecule has 1 aromatic carbocycles. The number of benzene rings is 1. The van der Waals surface area contributed by atoms with Crippen molar-refractivity contribution in [3.63, 3.8) is 0 Å². The number of nitrogens with one attached hydrogen (secondary N) is 1. The molecular formula is C12H15NO2S. The number of thioether (sulfide) groups is 1. The van der Waals surface area contributed by atoms with Gasteiger partial charge < -0.3 is 10.4 Å². The van der Waals surface area contributed by atoms with Gasteiger partial charge in [0.1, 0.15) is 0 Å². The van der Waals surface area contributed by atoms with E-state index in [4.69, 9.17) is 5.11 Å². The van der Waals surface area contributed by atoms with Crippen molar-refractivity contribution in [3.05, 3.63) is 29.3 Å². The Morgan fingerprint density at radius 2 is 2.38 bits per heavy atom. The molecule has 16 heavy (non-hydrogen) atoms. The standard InChI is InChI=1S/C12H15NO2S/c1-8-2-3-10(12(14)15)11(6-8)13-9-4-5-16-7-9/h2-3,6,9,13H,4-5,7H2,1H3,(H,14,15). The number of hydrogen-bond acceptors (Lipinski definition) is 3. The van der Waals surface area contributed by atoms with Gasteiger partial charge in [0.15, 0.2) is 0 Å². The van der Waals surface area contributed by atoms with Crippen LogP contribution in [0.25, 0.3) is 0 Å². The smallest absolute Gasteiger partial charge is 0.337 e. The van der Waals surface area contributed by atoms with Crippen LogP contribution in [0.4, 0.5) is 5.69 Å². The van der Waals surface area contributed by atoms with Crippen molar-refractivity contribution in [2.24, 2.45) is 0 Å². The topological polar surface area (TPSA) is 49.3 Å². The van der Waals surface area contributed by atoms with E-state index in [2.05, 4.69) is 5.32 Å². The van der Waals surface area contributed by atoms with Crippen LogP contribution in [0.2, 0.25) is 0 Å². The van der Waals surface area contributed by atoms with Crippen LogP contribution in [0, 0.1) is 6.92 Å². The molecule has 1 heterocycles. The molecule has 1 fully saturated rings. The first kappa shape index (κ1) is 11.3. The van der Waals surface area contributed by atoms with E-state index in [1.54, 1.807) is 6.07 Å². The van der Waals surface area contributed by atoms with Crippen LogP contribution in [0.3, 0.4) is 0 Å². The second kappa shape index (κ2) is 4.78. The van der Waals surface area contributed by atoms with Gasteiger partial charge in [-0.2, -0.15) is 11.8 Å². The summed E-state index contributed by atoms with van der Waals surface area (Å²) in [4.78, 5) is 11.1. The molecule has 1 atom stereocenters. The van der Waals surface area contributed by atoms with Gasteiger partial charge in [-0.25, -0.2) is 4.79 Å². The number of carboxylic acids is 1. The lowest BCUT2D eigenvalue weighted by atomic mass is 10.1. The number of carbonyl (C=O) groups is 1. The van der Waals surface area contributed by atoms with Crippen molar-refractivity contribution in [3.8, 4) is 0 Å². The Balaban J connectivity index is 2.22. The van der Waals surface area contributed by atoms with Gasteiger partial charge in [-0.05, 0) is 36.8 Å². The zero-order valence-electron chi connectivity index (χ0n) is 9.19. The molecule has 1 saturated heterocycles. The van der Waals surface area contributed by atoms with Gasteiger partial charge in [-0.3, -0.25) is 0 Å². The molecule has 86 valence electrons. The normalized spacial score (nSPS) is 19.7. The highest BCUT2D eigenvalue weighted by molar-refractivity contribution is 7.99. The monoisotopic (exact) mass is 237 g/mol. The van der Waals surface area contributed by atoms with E-state index in [-0.39, 0.29) is 0 Å². The summed E-state index contributed by atoms with van der Waals surface area (Å²) >= 11 is 1.91. The van der Waals surface area contributed by atoms with Crippen molar-refractivity contribution < 1.29 is 9.90 Å². The van der Waals surface area contributed by atoms with Gasteiger partial charge in [-0.1, -0.05) is 6.07 Å². The van der Waals surface area contributed by atoms with Crippen molar-refractivity contribution in [2.75, 3.05) is 16.8 Å². The van der Waals surface area contributed by atoms with Crippen molar-refractivity contribution in [1.29, 1.82) is 0 Å². The molecule has 4 heteroatoms. The fraction of sp³-hybridized carbons (Fsp3) is 0.417. The van der Waals surface area contributed by atoms with Gasteiger partial charge >= 0.3 is 5.97 Å². The highest BCUT2D eigenvalue weighted by Crippen LogP contribution is 2.24. The van der Waals surface area contributed by atoms with Gasteiger partial charge in [-0.15, -0.1) is 0 Å². The summed E-state index contributed by atoms with van der Waals surface area (Å²) in [6.07, 6.45) is 1.11. The van der Waals surface area contributed by atoms with Crippen LogP contribution in [-0.2, 0) is 0 Å². The Hall–Kier alpha value is -1.16.